The minimum absolute atomic E-state index is 0.220. The number of ether oxygens (including phenoxy) is 2. The van der Waals surface area contributed by atoms with E-state index in [0.717, 1.165) is 56.0 Å². The van der Waals surface area contributed by atoms with E-state index in [1.165, 1.54) is 0 Å². The van der Waals surface area contributed by atoms with Crippen molar-refractivity contribution in [1.82, 2.24) is 14.5 Å². The highest BCUT2D eigenvalue weighted by atomic mass is 16.5. The van der Waals surface area contributed by atoms with Gasteiger partial charge in [-0.2, -0.15) is 0 Å². The summed E-state index contributed by atoms with van der Waals surface area (Å²) >= 11 is 0. The molecule has 0 N–H and O–H groups in total. The monoisotopic (exact) mass is 371 g/mol. The van der Waals surface area contributed by atoms with Crippen LogP contribution in [0.15, 0.2) is 36.7 Å². The average molecular weight is 371 g/mol. The number of piperidine rings is 1. The highest BCUT2D eigenvalue weighted by Crippen LogP contribution is 2.26. The second kappa shape index (κ2) is 9.55. The first-order valence-electron chi connectivity index (χ1n) is 9.62. The fourth-order valence-electron chi connectivity index (χ4n) is 3.71. The predicted molar refractivity (Wildman–Crippen MR) is 104 cm³/mol. The summed E-state index contributed by atoms with van der Waals surface area (Å²) in [6, 6.07) is 7.93. The van der Waals surface area contributed by atoms with Crippen LogP contribution in [-0.2, 0) is 22.5 Å². The van der Waals surface area contributed by atoms with E-state index in [2.05, 4.69) is 9.55 Å². The zero-order valence-corrected chi connectivity index (χ0v) is 16.3. The van der Waals surface area contributed by atoms with Crippen LogP contribution in [0.4, 0.5) is 0 Å². The lowest BCUT2D eigenvalue weighted by atomic mass is 9.96. The molecule has 6 heteroatoms. The van der Waals surface area contributed by atoms with Crippen LogP contribution in [0.25, 0.3) is 0 Å². The molecule has 0 spiro atoms. The Morgan fingerprint density at radius 2 is 2.22 bits per heavy atom. The molecule has 2 aromatic rings. The lowest BCUT2D eigenvalue weighted by Crippen LogP contribution is -2.40. The number of amides is 1. The molecule has 1 saturated heterocycles. The van der Waals surface area contributed by atoms with E-state index < -0.39 is 0 Å². The molecule has 27 heavy (non-hydrogen) atoms. The van der Waals surface area contributed by atoms with Crippen LogP contribution in [0.3, 0.4) is 0 Å². The molecule has 1 aliphatic heterocycles. The van der Waals surface area contributed by atoms with Crippen LogP contribution in [-0.4, -0.2) is 54.3 Å². The van der Waals surface area contributed by atoms with Gasteiger partial charge in [0.25, 0.3) is 0 Å². The third kappa shape index (κ3) is 5.10. The second-order valence-electron chi connectivity index (χ2n) is 7.00. The second-order valence-corrected chi connectivity index (χ2v) is 7.00. The number of hydrogen-bond donors (Lipinski definition) is 0. The van der Waals surface area contributed by atoms with Gasteiger partial charge in [-0.3, -0.25) is 4.79 Å². The molecular weight excluding hydrogens is 342 g/mol. The quantitative estimate of drug-likeness (QED) is 0.716. The molecule has 0 bridgehead atoms. The molecule has 2 heterocycles. The van der Waals surface area contributed by atoms with Gasteiger partial charge in [0, 0.05) is 51.5 Å². The van der Waals surface area contributed by atoms with Gasteiger partial charge in [-0.25, -0.2) is 4.98 Å². The van der Waals surface area contributed by atoms with Gasteiger partial charge in [0.1, 0.15) is 11.6 Å². The number of rotatable bonds is 8. The standard InChI is InChI=1S/C21H29N3O3/c1-26-14-13-23-12-10-22-21(23)18-6-4-11-24(16-18)20(25)9-8-17-5-3-7-19(15-17)27-2/h3,5,7,10,12,15,18H,4,6,8-9,11,13-14,16H2,1-2H3/t18-/m1/s1. The van der Waals surface area contributed by atoms with Crippen molar-refractivity contribution in [3.63, 3.8) is 0 Å². The van der Waals surface area contributed by atoms with Crippen LogP contribution in [0, 0.1) is 0 Å². The van der Waals surface area contributed by atoms with Crippen molar-refractivity contribution in [2.75, 3.05) is 33.9 Å². The van der Waals surface area contributed by atoms with E-state index >= 15 is 0 Å². The Balaban J connectivity index is 1.57. The van der Waals surface area contributed by atoms with Crippen LogP contribution >= 0.6 is 0 Å². The summed E-state index contributed by atoms with van der Waals surface area (Å²) in [5.41, 5.74) is 1.13. The predicted octanol–water partition coefficient (Wildman–Crippen LogP) is 2.88. The molecule has 6 nitrogen and oxygen atoms in total. The number of methoxy groups -OCH3 is 2. The minimum Gasteiger partial charge on any atom is -0.497 e. The average Bonchev–Trinajstić information content (AvgIpc) is 3.19. The van der Waals surface area contributed by atoms with E-state index in [1.807, 2.05) is 41.6 Å². The Morgan fingerprint density at radius 1 is 1.33 bits per heavy atom. The van der Waals surface area contributed by atoms with Crippen molar-refractivity contribution in [3.8, 4) is 5.75 Å². The molecule has 0 unspecified atom stereocenters. The number of carbonyl (C=O) groups excluding carboxylic acids is 1. The third-order valence-corrected chi connectivity index (χ3v) is 5.18. The normalized spacial score (nSPS) is 17.1. The summed E-state index contributed by atoms with van der Waals surface area (Å²) in [6.07, 6.45) is 7.19. The van der Waals surface area contributed by atoms with Crippen molar-refractivity contribution in [2.24, 2.45) is 0 Å². The summed E-state index contributed by atoms with van der Waals surface area (Å²) in [4.78, 5) is 19.3. The Hall–Kier alpha value is -2.34. The smallest absolute Gasteiger partial charge is 0.222 e. The van der Waals surface area contributed by atoms with Crippen LogP contribution < -0.4 is 4.74 Å². The lowest BCUT2D eigenvalue weighted by Gasteiger charge is -2.33. The fourth-order valence-corrected chi connectivity index (χ4v) is 3.71. The maximum atomic E-state index is 12.7. The van der Waals surface area contributed by atoms with Crippen molar-refractivity contribution in [2.45, 2.75) is 38.1 Å². The van der Waals surface area contributed by atoms with Gasteiger partial charge in [0.15, 0.2) is 0 Å². The van der Waals surface area contributed by atoms with Crippen molar-refractivity contribution < 1.29 is 14.3 Å². The van der Waals surface area contributed by atoms with E-state index in [1.54, 1.807) is 14.2 Å². The Morgan fingerprint density at radius 3 is 3.04 bits per heavy atom. The Bertz CT molecular complexity index is 744. The van der Waals surface area contributed by atoms with E-state index in [-0.39, 0.29) is 5.91 Å². The van der Waals surface area contributed by atoms with Crippen LogP contribution in [0.5, 0.6) is 5.75 Å². The summed E-state index contributed by atoms with van der Waals surface area (Å²) < 4.78 is 12.6. The SMILES string of the molecule is COCCn1ccnc1[C@@H]1CCCN(C(=O)CCc2cccc(OC)c2)C1. The highest BCUT2D eigenvalue weighted by Gasteiger charge is 2.27. The molecule has 0 radical (unpaired) electrons. The molecule has 1 amide bonds. The summed E-state index contributed by atoms with van der Waals surface area (Å²) in [7, 11) is 3.37. The highest BCUT2D eigenvalue weighted by molar-refractivity contribution is 5.76. The maximum absolute atomic E-state index is 12.7. The lowest BCUT2D eigenvalue weighted by molar-refractivity contribution is -0.132. The zero-order chi connectivity index (χ0) is 19.1. The largest absolute Gasteiger partial charge is 0.497 e. The van der Waals surface area contributed by atoms with E-state index in [9.17, 15) is 4.79 Å². The van der Waals surface area contributed by atoms with Gasteiger partial charge in [0.2, 0.25) is 5.91 Å². The van der Waals surface area contributed by atoms with Gasteiger partial charge in [-0.15, -0.1) is 0 Å². The molecule has 1 aromatic heterocycles. The molecule has 1 fully saturated rings. The molecule has 1 aliphatic rings. The first kappa shape index (κ1) is 19.4. The molecule has 3 rings (SSSR count). The summed E-state index contributed by atoms with van der Waals surface area (Å²) in [6.45, 7) is 3.05. The molecule has 0 aliphatic carbocycles. The van der Waals surface area contributed by atoms with Crippen molar-refractivity contribution in [1.29, 1.82) is 0 Å². The van der Waals surface area contributed by atoms with Crippen LogP contribution in [0.1, 0.15) is 36.6 Å². The fraction of sp³-hybridized carbons (Fsp3) is 0.524. The molecule has 1 aromatic carbocycles. The third-order valence-electron chi connectivity index (χ3n) is 5.18. The van der Waals surface area contributed by atoms with E-state index in [0.29, 0.717) is 18.9 Å². The molecule has 146 valence electrons. The summed E-state index contributed by atoms with van der Waals surface area (Å²) in [5.74, 6) is 2.42. The summed E-state index contributed by atoms with van der Waals surface area (Å²) in [5, 5.41) is 0. The van der Waals surface area contributed by atoms with Gasteiger partial charge < -0.3 is 18.9 Å². The number of aromatic nitrogens is 2. The van der Waals surface area contributed by atoms with E-state index in [4.69, 9.17) is 9.47 Å². The number of likely N-dealkylation sites (tertiary alicyclic amines) is 1. The first-order valence-corrected chi connectivity index (χ1v) is 9.62. The first-order chi connectivity index (χ1) is 13.2. The molecular formula is C21H29N3O3. The number of imidazole rings is 1. The van der Waals surface area contributed by atoms with Gasteiger partial charge in [0.05, 0.1) is 13.7 Å². The van der Waals surface area contributed by atoms with Crippen LogP contribution in [0.2, 0.25) is 0 Å². The Labute approximate surface area is 161 Å². The van der Waals surface area contributed by atoms with Gasteiger partial charge >= 0.3 is 0 Å². The number of hydrogen-bond acceptors (Lipinski definition) is 4. The molecule has 1 atom stereocenters. The van der Waals surface area contributed by atoms with Crippen molar-refractivity contribution in [3.05, 3.63) is 48.0 Å². The Kier molecular flexibility index (Phi) is 6.87. The maximum Gasteiger partial charge on any atom is 0.222 e. The minimum atomic E-state index is 0.220. The number of nitrogens with zero attached hydrogens (tertiary/aromatic N) is 3. The topological polar surface area (TPSA) is 56.6 Å². The van der Waals surface area contributed by atoms with Crippen molar-refractivity contribution >= 4 is 5.91 Å². The zero-order valence-electron chi connectivity index (χ0n) is 16.3. The number of aryl methyl sites for hydroxylation is 1. The van der Waals surface area contributed by atoms with Gasteiger partial charge in [-0.05, 0) is 37.0 Å². The number of benzene rings is 1. The van der Waals surface area contributed by atoms with Gasteiger partial charge in [-0.1, -0.05) is 12.1 Å². The number of carbonyl (C=O) groups is 1. The molecule has 0 saturated carbocycles.